The minimum atomic E-state index is 0.697. The van der Waals surface area contributed by atoms with E-state index in [-0.39, 0.29) is 0 Å². The van der Waals surface area contributed by atoms with E-state index in [2.05, 4.69) is 50.7 Å². The quantitative estimate of drug-likeness (QED) is 0.766. The van der Waals surface area contributed by atoms with Crippen LogP contribution in [0.25, 0.3) is 0 Å². The molecule has 4 heteroatoms. The van der Waals surface area contributed by atoms with E-state index in [9.17, 15) is 0 Å². The van der Waals surface area contributed by atoms with Crippen LogP contribution in [0.1, 0.15) is 13.8 Å². The summed E-state index contributed by atoms with van der Waals surface area (Å²) in [6.45, 7) is 4.42. The number of pyridine rings is 1. The fourth-order valence-electron chi connectivity index (χ4n) is 0.754. The van der Waals surface area contributed by atoms with Gasteiger partial charge in [-0.2, -0.15) is 0 Å². The van der Waals surface area contributed by atoms with E-state index in [4.69, 9.17) is 0 Å². The molecule has 0 fully saturated rings. The number of halogens is 2. The number of thioether (sulfide) groups is 1. The highest BCUT2D eigenvalue weighted by Crippen LogP contribution is 2.28. The second-order valence-electron chi connectivity index (χ2n) is 3.15. The zero-order valence-corrected chi connectivity index (χ0v) is 11.5. The largest absolute Gasteiger partial charge is 0.248 e. The molecule has 0 aliphatic rings. The summed E-state index contributed by atoms with van der Waals surface area (Å²) < 4.78 is 2.07. The van der Waals surface area contributed by atoms with Crippen LogP contribution in [0.3, 0.4) is 0 Å². The molecule has 0 atom stereocenters. The van der Waals surface area contributed by atoms with Gasteiger partial charge in [-0.25, -0.2) is 4.98 Å². The summed E-state index contributed by atoms with van der Waals surface area (Å²) in [7, 11) is 0. The number of hydrogen-bond donors (Lipinski definition) is 0. The number of hydrogen-bond acceptors (Lipinski definition) is 2. The van der Waals surface area contributed by atoms with E-state index in [1.54, 1.807) is 11.8 Å². The van der Waals surface area contributed by atoms with Crippen molar-refractivity contribution in [1.29, 1.82) is 0 Å². The molecule has 0 aliphatic heterocycles. The first-order valence-corrected chi connectivity index (χ1v) is 6.60. The number of nitrogens with zero attached hydrogens (tertiary/aromatic N) is 1. The molecule has 13 heavy (non-hydrogen) atoms. The van der Waals surface area contributed by atoms with Gasteiger partial charge in [-0.15, -0.1) is 11.8 Å². The molecule has 0 unspecified atom stereocenters. The zero-order chi connectivity index (χ0) is 9.84. The Bertz CT molecular complexity index is 289. The molecule has 0 radical (unpaired) electrons. The Labute approximate surface area is 100.0 Å². The second kappa shape index (κ2) is 5.37. The maximum atomic E-state index is 4.32. The molecule has 0 N–H and O–H groups in total. The smallest absolute Gasteiger partial charge is 0.110 e. The van der Waals surface area contributed by atoms with Gasteiger partial charge in [-0.1, -0.05) is 13.8 Å². The summed E-state index contributed by atoms with van der Waals surface area (Å²) in [6.07, 6.45) is 1.83. The van der Waals surface area contributed by atoms with Crippen LogP contribution in [0.15, 0.2) is 26.2 Å². The van der Waals surface area contributed by atoms with Crippen molar-refractivity contribution in [1.82, 2.24) is 4.98 Å². The van der Waals surface area contributed by atoms with Crippen molar-refractivity contribution in [3.8, 4) is 0 Å². The molecule has 1 heterocycles. The maximum absolute atomic E-state index is 4.32. The molecule has 1 nitrogen and oxygen atoms in total. The fourth-order valence-corrected chi connectivity index (χ4v) is 2.90. The van der Waals surface area contributed by atoms with Crippen molar-refractivity contribution in [2.45, 2.75) is 18.9 Å². The van der Waals surface area contributed by atoms with Crippen molar-refractivity contribution in [3.63, 3.8) is 0 Å². The summed E-state index contributed by atoms with van der Waals surface area (Å²) in [6, 6.07) is 2.02. The van der Waals surface area contributed by atoms with Crippen LogP contribution in [0, 0.1) is 5.92 Å². The number of rotatable bonds is 3. The van der Waals surface area contributed by atoms with Gasteiger partial charge in [0.05, 0.1) is 4.47 Å². The van der Waals surface area contributed by atoms with Gasteiger partial charge in [0.2, 0.25) is 0 Å². The van der Waals surface area contributed by atoms with Gasteiger partial charge in [-0.05, 0) is 43.8 Å². The zero-order valence-electron chi connectivity index (χ0n) is 7.55. The lowest BCUT2D eigenvalue weighted by Crippen LogP contribution is -1.92. The average Bonchev–Trinajstić information content (AvgIpc) is 2.02. The standard InChI is InChI=1S/C9H11Br2NS/c1-6(2)5-13-9-8(11)3-7(10)4-12-9/h3-4,6H,5H2,1-2H3. The van der Waals surface area contributed by atoms with E-state index in [0.29, 0.717) is 5.92 Å². The third-order valence-corrected chi connectivity index (χ3v) is 4.06. The van der Waals surface area contributed by atoms with Gasteiger partial charge in [-0.3, -0.25) is 0 Å². The molecule has 0 amide bonds. The fraction of sp³-hybridized carbons (Fsp3) is 0.444. The minimum Gasteiger partial charge on any atom is -0.248 e. The Kier molecular flexibility index (Phi) is 4.76. The third kappa shape index (κ3) is 4.00. The average molecular weight is 325 g/mol. The lowest BCUT2D eigenvalue weighted by molar-refractivity contribution is 0.749. The maximum Gasteiger partial charge on any atom is 0.110 e. The Morgan fingerprint density at radius 3 is 2.69 bits per heavy atom. The Balaban J connectivity index is 2.67. The van der Waals surface area contributed by atoms with Gasteiger partial charge >= 0.3 is 0 Å². The van der Waals surface area contributed by atoms with Crippen molar-refractivity contribution in [3.05, 3.63) is 21.2 Å². The molecule has 1 aromatic heterocycles. The monoisotopic (exact) mass is 323 g/mol. The molecule has 1 rings (SSSR count). The second-order valence-corrected chi connectivity index (χ2v) is 5.92. The molecule has 0 aliphatic carbocycles. The topological polar surface area (TPSA) is 12.9 Å². The van der Waals surface area contributed by atoms with Crippen molar-refractivity contribution < 1.29 is 0 Å². The minimum absolute atomic E-state index is 0.697. The Hall–Kier alpha value is 0.460. The van der Waals surface area contributed by atoms with Crippen LogP contribution >= 0.6 is 43.6 Å². The summed E-state index contributed by atoms with van der Waals surface area (Å²) in [5, 5.41) is 1.07. The Morgan fingerprint density at radius 1 is 1.46 bits per heavy atom. The van der Waals surface area contributed by atoms with Crippen molar-refractivity contribution in [2.24, 2.45) is 5.92 Å². The van der Waals surface area contributed by atoms with E-state index in [1.165, 1.54) is 0 Å². The normalized spacial score (nSPS) is 10.8. The summed E-state index contributed by atoms with van der Waals surface area (Å²) >= 11 is 8.64. The van der Waals surface area contributed by atoms with Crippen LogP contribution in [-0.4, -0.2) is 10.7 Å². The van der Waals surface area contributed by atoms with Gasteiger partial charge in [0, 0.05) is 16.4 Å². The predicted octanol–water partition coefficient (Wildman–Crippen LogP) is 4.35. The van der Waals surface area contributed by atoms with Gasteiger partial charge in [0.25, 0.3) is 0 Å². The van der Waals surface area contributed by atoms with E-state index in [0.717, 1.165) is 19.7 Å². The molecule has 0 saturated heterocycles. The Morgan fingerprint density at radius 2 is 2.15 bits per heavy atom. The first kappa shape index (κ1) is 11.5. The van der Waals surface area contributed by atoms with Crippen LogP contribution in [-0.2, 0) is 0 Å². The highest BCUT2D eigenvalue weighted by atomic mass is 79.9. The van der Waals surface area contributed by atoms with Crippen LogP contribution in [0.5, 0.6) is 0 Å². The van der Waals surface area contributed by atoms with Crippen molar-refractivity contribution in [2.75, 3.05) is 5.75 Å². The van der Waals surface area contributed by atoms with E-state index in [1.807, 2.05) is 12.3 Å². The highest BCUT2D eigenvalue weighted by molar-refractivity contribution is 9.11. The highest BCUT2D eigenvalue weighted by Gasteiger charge is 2.03. The van der Waals surface area contributed by atoms with Gasteiger partial charge in [0.15, 0.2) is 0 Å². The first-order valence-electron chi connectivity index (χ1n) is 4.03. The van der Waals surface area contributed by atoms with E-state index < -0.39 is 0 Å². The summed E-state index contributed by atoms with van der Waals surface area (Å²) in [4.78, 5) is 4.32. The molecular weight excluding hydrogens is 314 g/mol. The lowest BCUT2D eigenvalue weighted by Gasteiger charge is -2.05. The first-order chi connectivity index (χ1) is 6.09. The molecule has 0 saturated carbocycles. The predicted molar refractivity (Wildman–Crippen MR) is 65.2 cm³/mol. The molecular formula is C9H11Br2NS. The van der Waals surface area contributed by atoms with Crippen molar-refractivity contribution >= 4 is 43.6 Å². The van der Waals surface area contributed by atoms with Gasteiger partial charge < -0.3 is 0 Å². The third-order valence-electron chi connectivity index (χ3n) is 1.33. The molecule has 0 spiro atoms. The number of aromatic nitrogens is 1. The summed E-state index contributed by atoms with van der Waals surface area (Å²) in [5.74, 6) is 1.80. The molecule has 1 aromatic rings. The van der Waals surface area contributed by atoms with Crippen LogP contribution in [0.2, 0.25) is 0 Å². The van der Waals surface area contributed by atoms with E-state index >= 15 is 0 Å². The lowest BCUT2D eigenvalue weighted by atomic mass is 10.3. The molecule has 0 aromatic carbocycles. The summed E-state index contributed by atoms with van der Waals surface area (Å²) in [5.41, 5.74) is 0. The van der Waals surface area contributed by atoms with Crippen LogP contribution < -0.4 is 0 Å². The van der Waals surface area contributed by atoms with Crippen LogP contribution in [0.4, 0.5) is 0 Å². The molecule has 0 bridgehead atoms. The van der Waals surface area contributed by atoms with Gasteiger partial charge in [0.1, 0.15) is 5.03 Å². The SMILES string of the molecule is CC(C)CSc1ncc(Br)cc1Br. The molecule has 72 valence electrons.